The Kier molecular flexibility index (Phi) is 5.73. The number of nitrogens with zero attached hydrogens (tertiary/aromatic N) is 2. The van der Waals surface area contributed by atoms with E-state index in [0.717, 1.165) is 4.70 Å². The first kappa shape index (κ1) is 22.1. The van der Waals surface area contributed by atoms with Crippen molar-refractivity contribution in [2.24, 2.45) is 0 Å². The minimum Gasteiger partial charge on any atom is -0.486 e. The molecule has 2 aliphatic rings. The molecule has 3 aromatic rings. The fourth-order valence-electron chi connectivity index (χ4n) is 3.94. The van der Waals surface area contributed by atoms with Gasteiger partial charge in [-0.15, -0.1) is 0 Å². The largest absolute Gasteiger partial charge is 0.486 e. The molecular formula is C22H23N3O6S2. The summed E-state index contributed by atoms with van der Waals surface area (Å²) in [4.78, 5) is 17.3. The molecule has 1 N–H and O–H groups in total. The maximum absolute atomic E-state index is 13.0. The van der Waals surface area contributed by atoms with E-state index in [4.69, 9.17) is 14.2 Å². The molecule has 2 aliphatic heterocycles. The zero-order chi connectivity index (χ0) is 23.2. The molecule has 0 aliphatic carbocycles. The third-order valence-electron chi connectivity index (χ3n) is 5.41. The summed E-state index contributed by atoms with van der Waals surface area (Å²) in [6, 6.07) is 9.56. The molecule has 1 saturated heterocycles. The summed E-state index contributed by atoms with van der Waals surface area (Å²) in [5.41, 5.74) is 1.04. The molecule has 1 amide bonds. The van der Waals surface area contributed by atoms with E-state index in [1.807, 2.05) is 19.9 Å². The van der Waals surface area contributed by atoms with E-state index < -0.39 is 10.0 Å². The van der Waals surface area contributed by atoms with Gasteiger partial charge in [-0.05, 0) is 38.1 Å². The van der Waals surface area contributed by atoms with Gasteiger partial charge < -0.3 is 14.2 Å². The van der Waals surface area contributed by atoms with Crippen LogP contribution in [0.4, 0.5) is 5.13 Å². The molecule has 0 saturated carbocycles. The van der Waals surface area contributed by atoms with Crippen LogP contribution in [-0.4, -0.2) is 62.1 Å². The lowest BCUT2D eigenvalue weighted by Gasteiger charge is -2.34. The molecule has 0 radical (unpaired) electrons. The number of anilines is 1. The Morgan fingerprint density at radius 1 is 1.06 bits per heavy atom. The van der Waals surface area contributed by atoms with E-state index in [1.54, 1.807) is 6.07 Å². The molecule has 33 heavy (non-hydrogen) atoms. The van der Waals surface area contributed by atoms with Gasteiger partial charge in [0.15, 0.2) is 16.6 Å². The predicted octanol–water partition coefficient (Wildman–Crippen LogP) is 3.12. The molecule has 9 nitrogen and oxygen atoms in total. The van der Waals surface area contributed by atoms with E-state index in [9.17, 15) is 13.2 Å². The van der Waals surface area contributed by atoms with Crippen LogP contribution in [0.2, 0.25) is 0 Å². The molecule has 1 fully saturated rings. The third-order valence-corrected chi connectivity index (χ3v) is 8.19. The SMILES string of the molecule is C[C@@H]1CN(S(=O)(=O)c2ccc(C(=O)Nc3nc4cc5c(cc4s3)OCCO5)cc2)C[C@H](C)O1. The molecule has 0 unspecified atom stereocenters. The normalized spacial score (nSPS) is 21.2. The maximum Gasteiger partial charge on any atom is 0.257 e. The van der Waals surface area contributed by atoms with Crippen molar-refractivity contribution in [3.05, 3.63) is 42.0 Å². The summed E-state index contributed by atoms with van der Waals surface area (Å²) >= 11 is 1.33. The lowest BCUT2D eigenvalue weighted by Crippen LogP contribution is -2.48. The Hall–Kier alpha value is -2.73. The number of amides is 1. The van der Waals surface area contributed by atoms with Crippen LogP contribution in [0, 0.1) is 0 Å². The zero-order valence-electron chi connectivity index (χ0n) is 18.1. The highest BCUT2D eigenvalue weighted by Gasteiger charge is 2.32. The van der Waals surface area contributed by atoms with Crippen LogP contribution in [0.15, 0.2) is 41.3 Å². The molecule has 0 spiro atoms. The Morgan fingerprint density at radius 2 is 1.70 bits per heavy atom. The van der Waals surface area contributed by atoms with Crippen LogP contribution < -0.4 is 14.8 Å². The van der Waals surface area contributed by atoms with E-state index in [0.29, 0.717) is 54.0 Å². The average Bonchev–Trinajstić information content (AvgIpc) is 3.17. The number of aromatic nitrogens is 1. The fraction of sp³-hybridized carbons (Fsp3) is 0.364. The van der Waals surface area contributed by atoms with Crippen molar-refractivity contribution in [2.45, 2.75) is 31.0 Å². The van der Waals surface area contributed by atoms with Crippen LogP contribution in [-0.2, 0) is 14.8 Å². The summed E-state index contributed by atoms with van der Waals surface area (Å²) in [6.07, 6.45) is -0.350. The Balaban J connectivity index is 1.31. The number of morpholine rings is 1. The number of ether oxygens (including phenoxy) is 3. The number of nitrogens with one attached hydrogen (secondary N) is 1. The molecule has 5 rings (SSSR count). The van der Waals surface area contributed by atoms with E-state index >= 15 is 0 Å². The Bertz CT molecular complexity index is 1250. The predicted molar refractivity (Wildman–Crippen MR) is 124 cm³/mol. The topological polar surface area (TPSA) is 107 Å². The second-order valence-electron chi connectivity index (χ2n) is 8.04. The molecule has 11 heteroatoms. The number of carbonyl (C=O) groups excluding carboxylic acids is 1. The Morgan fingerprint density at radius 3 is 2.36 bits per heavy atom. The second-order valence-corrected chi connectivity index (χ2v) is 11.0. The molecule has 3 heterocycles. The van der Waals surface area contributed by atoms with Gasteiger partial charge in [-0.3, -0.25) is 10.1 Å². The number of hydrogen-bond acceptors (Lipinski definition) is 8. The number of fused-ring (bicyclic) bond motifs is 2. The van der Waals surface area contributed by atoms with E-state index in [1.165, 1.54) is 39.9 Å². The number of sulfonamides is 1. The second kappa shape index (κ2) is 8.56. The smallest absolute Gasteiger partial charge is 0.257 e. The van der Waals surface area contributed by atoms with E-state index in [-0.39, 0.29) is 23.0 Å². The van der Waals surface area contributed by atoms with Gasteiger partial charge >= 0.3 is 0 Å². The molecule has 174 valence electrons. The van der Waals surface area contributed by atoms with Crippen LogP contribution in [0.3, 0.4) is 0 Å². The Labute approximate surface area is 195 Å². The quantitative estimate of drug-likeness (QED) is 0.600. The number of carbonyl (C=O) groups is 1. The molecule has 2 aromatic carbocycles. The van der Waals surface area contributed by atoms with E-state index in [2.05, 4.69) is 10.3 Å². The maximum atomic E-state index is 13.0. The van der Waals surface area contributed by atoms with Gasteiger partial charge in [0, 0.05) is 30.8 Å². The summed E-state index contributed by atoms with van der Waals surface area (Å²) in [7, 11) is -3.67. The van der Waals surface area contributed by atoms with Crippen LogP contribution in [0.1, 0.15) is 24.2 Å². The molecular weight excluding hydrogens is 466 g/mol. The van der Waals surface area contributed by atoms with Crippen molar-refractivity contribution in [3.63, 3.8) is 0 Å². The lowest BCUT2D eigenvalue weighted by molar-refractivity contribution is -0.0440. The van der Waals surface area contributed by atoms with Gasteiger partial charge in [-0.2, -0.15) is 4.31 Å². The van der Waals surface area contributed by atoms with Gasteiger partial charge in [0.2, 0.25) is 10.0 Å². The minimum atomic E-state index is -3.67. The summed E-state index contributed by atoms with van der Waals surface area (Å²) in [5.74, 6) is 0.929. The van der Waals surface area contributed by atoms with Gasteiger partial charge in [0.25, 0.3) is 5.91 Å². The summed E-state index contributed by atoms with van der Waals surface area (Å²) in [6.45, 7) is 5.28. The van der Waals surface area contributed by atoms with Crippen LogP contribution in [0.25, 0.3) is 10.2 Å². The van der Waals surface area contributed by atoms with Gasteiger partial charge in [-0.25, -0.2) is 13.4 Å². The monoisotopic (exact) mass is 489 g/mol. The van der Waals surface area contributed by atoms with Crippen molar-refractivity contribution in [3.8, 4) is 11.5 Å². The third kappa shape index (κ3) is 4.41. The fourth-order valence-corrected chi connectivity index (χ4v) is 6.40. The van der Waals surface area contributed by atoms with Crippen molar-refractivity contribution in [2.75, 3.05) is 31.6 Å². The average molecular weight is 490 g/mol. The van der Waals surface area contributed by atoms with Crippen molar-refractivity contribution >= 4 is 42.6 Å². The lowest BCUT2D eigenvalue weighted by atomic mass is 10.2. The van der Waals surface area contributed by atoms with Crippen molar-refractivity contribution in [1.82, 2.24) is 9.29 Å². The summed E-state index contributed by atoms with van der Waals surface area (Å²) < 4.78 is 45.1. The highest BCUT2D eigenvalue weighted by Crippen LogP contribution is 2.38. The number of thiazole rings is 1. The first-order valence-electron chi connectivity index (χ1n) is 10.6. The van der Waals surface area contributed by atoms with Gasteiger partial charge in [0.1, 0.15) is 13.2 Å². The highest BCUT2D eigenvalue weighted by molar-refractivity contribution is 7.89. The minimum absolute atomic E-state index is 0.144. The van der Waals surface area contributed by atoms with Gasteiger partial charge in [-0.1, -0.05) is 11.3 Å². The highest BCUT2D eigenvalue weighted by atomic mass is 32.2. The van der Waals surface area contributed by atoms with Gasteiger partial charge in [0.05, 0.1) is 27.3 Å². The first-order chi connectivity index (χ1) is 15.8. The van der Waals surface area contributed by atoms with Crippen LogP contribution >= 0.6 is 11.3 Å². The van der Waals surface area contributed by atoms with Crippen LogP contribution in [0.5, 0.6) is 11.5 Å². The summed E-state index contributed by atoms with van der Waals surface area (Å²) in [5, 5.41) is 3.22. The molecule has 0 bridgehead atoms. The number of benzene rings is 2. The zero-order valence-corrected chi connectivity index (χ0v) is 19.7. The molecule has 2 atom stereocenters. The molecule has 1 aromatic heterocycles. The first-order valence-corrected chi connectivity index (χ1v) is 12.8. The number of rotatable bonds is 4. The standard InChI is InChI=1S/C22H23N3O6S2/c1-13-11-25(12-14(2)31-13)33(27,28)16-5-3-15(4-6-16)21(26)24-22-23-17-9-18-19(10-20(17)32-22)30-8-7-29-18/h3-6,9-10,13-14H,7-8,11-12H2,1-2H3,(H,23,24,26)/t13-,14+. The van der Waals surface area contributed by atoms with Crippen molar-refractivity contribution in [1.29, 1.82) is 0 Å². The van der Waals surface area contributed by atoms with Crippen molar-refractivity contribution < 1.29 is 27.4 Å². The number of hydrogen-bond donors (Lipinski definition) is 1.